The lowest BCUT2D eigenvalue weighted by atomic mass is 10.0. The maximum Gasteiger partial charge on any atom is 0.339 e. The molecule has 0 aliphatic carbocycles. The van der Waals surface area contributed by atoms with Crippen LogP contribution in [0.1, 0.15) is 33.2 Å². The summed E-state index contributed by atoms with van der Waals surface area (Å²) >= 11 is 0. The van der Waals surface area contributed by atoms with E-state index in [1.165, 1.54) is 31.4 Å². The lowest BCUT2D eigenvalue weighted by Crippen LogP contribution is -2.26. The third kappa shape index (κ3) is 5.39. The molecule has 0 atom stereocenters. The molecule has 0 bridgehead atoms. The van der Waals surface area contributed by atoms with Gasteiger partial charge in [-0.05, 0) is 53.1 Å². The number of methoxy groups -OCH3 is 1. The van der Waals surface area contributed by atoms with Gasteiger partial charge in [-0.3, -0.25) is 9.59 Å². The molecule has 0 spiro atoms. The first-order chi connectivity index (χ1) is 15.4. The lowest BCUT2D eigenvalue weighted by Gasteiger charge is -2.12. The number of anilines is 1. The van der Waals surface area contributed by atoms with Gasteiger partial charge in [0.05, 0.1) is 25.0 Å². The second kappa shape index (κ2) is 10.4. The fourth-order valence-electron chi connectivity index (χ4n) is 3.23. The number of aliphatic hydroxyl groups is 1. The van der Waals surface area contributed by atoms with Gasteiger partial charge in [-0.1, -0.05) is 36.4 Å². The minimum Gasteiger partial charge on any atom is -0.465 e. The number of carbonyl (C=O) groups is 3. The summed E-state index contributed by atoms with van der Waals surface area (Å²) in [6.07, 6.45) is 1.43. The van der Waals surface area contributed by atoms with Crippen LogP contribution in [0.4, 0.5) is 5.69 Å². The van der Waals surface area contributed by atoms with Crippen LogP contribution in [0.5, 0.6) is 0 Å². The predicted octanol–water partition coefficient (Wildman–Crippen LogP) is 3.39. The Morgan fingerprint density at radius 1 is 0.969 bits per heavy atom. The Morgan fingerprint density at radius 3 is 2.41 bits per heavy atom. The van der Waals surface area contributed by atoms with Gasteiger partial charge >= 0.3 is 5.97 Å². The van der Waals surface area contributed by atoms with Crippen molar-refractivity contribution >= 4 is 39.8 Å². The van der Waals surface area contributed by atoms with Crippen LogP contribution < -0.4 is 10.6 Å². The summed E-state index contributed by atoms with van der Waals surface area (Å²) in [5, 5.41) is 16.2. The summed E-state index contributed by atoms with van der Waals surface area (Å²) in [5.41, 5.74) is 2.14. The number of carbonyl (C=O) groups excluding carboxylic acids is 3. The van der Waals surface area contributed by atoms with Gasteiger partial charge in [-0.25, -0.2) is 4.79 Å². The zero-order valence-corrected chi connectivity index (χ0v) is 17.8. The van der Waals surface area contributed by atoms with Gasteiger partial charge in [-0.2, -0.15) is 0 Å². The molecule has 2 amide bonds. The standard InChI is InChI=1S/C25H24N2O5/c1-16(18-8-7-17-5-3-4-6-19(17)14-18)13-23(29)27-22-15-20(24(30)26-11-12-28)9-10-21(22)25(31)32-2/h3-10,13-15,28H,11-12H2,1-2H3,(H,26,30)(H,27,29). The molecule has 0 radical (unpaired) electrons. The van der Waals surface area contributed by atoms with Crippen LogP contribution in [0.15, 0.2) is 66.7 Å². The Morgan fingerprint density at radius 2 is 1.69 bits per heavy atom. The number of hydrogen-bond acceptors (Lipinski definition) is 5. The van der Waals surface area contributed by atoms with Crippen molar-refractivity contribution in [3.8, 4) is 0 Å². The molecule has 0 saturated carbocycles. The summed E-state index contributed by atoms with van der Waals surface area (Å²) < 4.78 is 4.78. The van der Waals surface area contributed by atoms with Gasteiger partial charge in [0.25, 0.3) is 5.91 Å². The van der Waals surface area contributed by atoms with Crippen molar-refractivity contribution in [3.63, 3.8) is 0 Å². The molecule has 3 N–H and O–H groups in total. The third-order valence-corrected chi connectivity index (χ3v) is 4.89. The highest BCUT2D eigenvalue weighted by Gasteiger charge is 2.16. The minimum absolute atomic E-state index is 0.0902. The van der Waals surface area contributed by atoms with Crippen molar-refractivity contribution < 1.29 is 24.2 Å². The maximum atomic E-state index is 12.7. The van der Waals surface area contributed by atoms with E-state index in [1.54, 1.807) is 0 Å². The Hall–Kier alpha value is -3.97. The molecule has 0 fully saturated rings. The van der Waals surface area contributed by atoms with Crippen molar-refractivity contribution in [2.24, 2.45) is 0 Å². The van der Waals surface area contributed by atoms with E-state index in [2.05, 4.69) is 10.6 Å². The highest BCUT2D eigenvalue weighted by Crippen LogP contribution is 2.22. The number of hydrogen-bond donors (Lipinski definition) is 3. The van der Waals surface area contributed by atoms with E-state index in [0.29, 0.717) is 0 Å². The number of benzene rings is 3. The number of fused-ring (bicyclic) bond motifs is 1. The number of nitrogens with one attached hydrogen (secondary N) is 2. The highest BCUT2D eigenvalue weighted by molar-refractivity contribution is 6.09. The maximum absolute atomic E-state index is 12.7. The molecule has 7 nitrogen and oxygen atoms in total. The molecule has 3 aromatic rings. The molecule has 0 unspecified atom stereocenters. The minimum atomic E-state index is -0.641. The van der Waals surface area contributed by atoms with E-state index in [0.717, 1.165) is 21.9 Å². The van der Waals surface area contributed by atoms with Crippen LogP contribution in [-0.4, -0.2) is 43.2 Å². The fraction of sp³-hybridized carbons (Fsp3) is 0.160. The van der Waals surface area contributed by atoms with Crippen molar-refractivity contribution in [3.05, 3.63) is 83.4 Å². The highest BCUT2D eigenvalue weighted by atomic mass is 16.5. The second-order valence-corrected chi connectivity index (χ2v) is 7.11. The van der Waals surface area contributed by atoms with Gasteiger partial charge in [-0.15, -0.1) is 0 Å². The predicted molar refractivity (Wildman–Crippen MR) is 123 cm³/mol. The quantitative estimate of drug-likeness (QED) is 0.392. The molecule has 3 rings (SSSR count). The van der Waals surface area contributed by atoms with E-state index in [1.807, 2.05) is 49.4 Å². The van der Waals surface area contributed by atoms with Crippen LogP contribution in [0.3, 0.4) is 0 Å². The zero-order chi connectivity index (χ0) is 23.1. The molecule has 0 aliphatic rings. The van der Waals surface area contributed by atoms with Crippen molar-refractivity contribution in [2.75, 3.05) is 25.6 Å². The Labute approximate surface area is 185 Å². The molecule has 7 heteroatoms. The first-order valence-corrected chi connectivity index (χ1v) is 10.0. The van der Waals surface area contributed by atoms with E-state index >= 15 is 0 Å². The lowest BCUT2D eigenvalue weighted by molar-refractivity contribution is -0.111. The van der Waals surface area contributed by atoms with Gasteiger partial charge in [0.2, 0.25) is 5.91 Å². The number of rotatable bonds is 7. The Kier molecular flexibility index (Phi) is 7.36. The average molecular weight is 432 g/mol. The first kappa shape index (κ1) is 22.7. The first-order valence-electron chi connectivity index (χ1n) is 10.0. The van der Waals surface area contributed by atoms with Gasteiger partial charge in [0.1, 0.15) is 0 Å². The average Bonchev–Trinajstić information content (AvgIpc) is 2.81. The smallest absolute Gasteiger partial charge is 0.339 e. The molecule has 0 saturated heterocycles. The van der Waals surface area contributed by atoms with Crippen LogP contribution in [0.2, 0.25) is 0 Å². The van der Waals surface area contributed by atoms with E-state index in [4.69, 9.17) is 9.84 Å². The molecular formula is C25H24N2O5. The van der Waals surface area contributed by atoms with Gasteiger partial charge in [0, 0.05) is 18.2 Å². The molecule has 164 valence electrons. The Bertz CT molecular complexity index is 1200. The largest absolute Gasteiger partial charge is 0.465 e. The normalized spacial score (nSPS) is 11.2. The summed E-state index contributed by atoms with van der Waals surface area (Å²) in [6, 6.07) is 18.1. The number of amides is 2. The van der Waals surface area contributed by atoms with E-state index < -0.39 is 17.8 Å². The van der Waals surface area contributed by atoms with E-state index in [9.17, 15) is 14.4 Å². The number of ether oxygens (including phenoxy) is 1. The second-order valence-electron chi connectivity index (χ2n) is 7.11. The number of esters is 1. The topological polar surface area (TPSA) is 105 Å². The molecule has 0 aromatic heterocycles. The Balaban J connectivity index is 1.86. The van der Waals surface area contributed by atoms with Gasteiger partial charge < -0.3 is 20.5 Å². The SMILES string of the molecule is COC(=O)c1ccc(C(=O)NCCO)cc1NC(=O)C=C(C)c1ccc2ccccc2c1. The zero-order valence-electron chi connectivity index (χ0n) is 17.8. The fourth-order valence-corrected chi connectivity index (χ4v) is 3.23. The molecular weight excluding hydrogens is 408 g/mol. The van der Waals surface area contributed by atoms with Crippen LogP contribution >= 0.6 is 0 Å². The molecule has 32 heavy (non-hydrogen) atoms. The third-order valence-electron chi connectivity index (χ3n) is 4.89. The van der Waals surface area contributed by atoms with Gasteiger partial charge in [0.15, 0.2) is 0 Å². The van der Waals surface area contributed by atoms with Crippen molar-refractivity contribution in [1.82, 2.24) is 5.32 Å². The summed E-state index contributed by atoms with van der Waals surface area (Å²) in [6.45, 7) is 1.71. The monoisotopic (exact) mass is 432 g/mol. The molecule has 3 aromatic carbocycles. The summed E-state index contributed by atoms with van der Waals surface area (Å²) in [7, 11) is 1.24. The number of aliphatic hydroxyl groups excluding tert-OH is 1. The summed E-state index contributed by atoms with van der Waals surface area (Å²) in [5.74, 6) is -1.53. The van der Waals surface area contributed by atoms with Crippen LogP contribution in [-0.2, 0) is 9.53 Å². The van der Waals surface area contributed by atoms with Crippen LogP contribution in [0, 0.1) is 0 Å². The van der Waals surface area contributed by atoms with Crippen LogP contribution in [0.25, 0.3) is 16.3 Å². The molecule has 0 aliphatic heterocycles. The van der Waals surface area contributed by atoms with Crippen molar-refractivity contribution in [2.45, 2.75) is 6.92 Å². The van der Waals surface area contributed by atoms with Crippen molar-refractivity contribution in [1.29, 1.82) is 0 Å². The number of allylic oxidation sites excluding steroid dienone is 1. The van der Waals surface area contributed by atoms with E-state index in [-0.39, 0.29) is 30.0 Å². The summed E-state index contributed by atoms with van der Waals surface area (Å²) in [4.78, 5) is 37.0. The molecule has 0 heterocycles.